The predicted molar refractivity (Wildman–Crippen MR) is 70.5 cm³/mol. The summed E-state index contributed by atoms with van der Waals surface area (Å²) in [7, 11) is 1.50. The van der Waals surface area contributed by atoms with Crippen LogP contribution in [-0.4, -0.2) is 47.7 Å². The van der Waals surface area contributed by atoms with Crippen molar-refractivity contribution in [2.45, 2.75) is 0 Å². The number of hydrogen-bond donors (Lipinski definition) is 0. The lowest BCUT2D eigenvalue weighted by molar-refractivity contribution is -0.125. The topological polar surface area (TPSA) is 57.7 Å². The van der Waals surface area contributed by atoms with Crippen molar-refractivity contribution in [1.82, 2.24) is 9.80 Å². The van der Waals surface area contributed by atoms with E-state index in [2.05, 4.69) is 0 Å². The first kappa shape index (κ1) is 13.8. The second kappa shape index (κ2) is 5.19. The van der Waals surface area contributed by atoms with Gasteiger partial charge in [0, 0.05) is 12.6 Å². The van der Waals surface area contributed by atoms with Crippen molar-refractivity contribution in [2.75, 3.05) is 20.1 Å². The number of likely N-dealkylation sites (N-methyl/N-ethyl adjacent to an activating group) is 1. The van der Waals surface area contributed by atoms with Crippen molar-refractivity contribution < 1.29 is 14.4 Å². The van der Waals surface area contributed by atoms with Crippen LogP contribution in [0, 0.1) is 0 Å². The molecule has 19 heavy (non-hydrogen) atoms. The molecule has 0 aromatic heterocycles. The Morgan fingerprint density at radius 2 is 1.95 bits per heavy atom. The number of amides is 3. The van der Waals surface area contributed by atoms with E-state index in [9.17, 15) is 14.4 Å². The highest BCUT2D eigenvalue weighted by Crippen LogP contribution is 2.23. The van der Waals surface area contributed by atoms with Crippen molar-refractivity contribution in [3.05, 3.63) is 33.8 Å². The van der Waals surface area contributed by atoms with Crippen LogP contribution in [0.25, 0.3) is 0 Å². The minimum atomic E-state index is -0.474. The van der Waals surface area contributed by atoms with Crippen LogP contribution in [0.5, 0.6) is 0 Å². The maximum Gasteiger partial charge on any atom is 0.327 e. The zero-order valence-electron chi connectivity index (χ0n) is 10.0. The Hall–Kier alpha value is -1.59. The number of Topliss-reactive ketones (excluding diaryl/α,β-unsaturated/α-hetero) is 1. The minimum Gasteiger partial charge on any atom is -0.318 e. The Morgan fingerprint density at radius 1 is 1.26 bits per heavy atom. The van der Waals surface area contributed by atoms with E-state index in [1.54, 1.807) is 0 Å². The first-order valence-corrected chi connectivity index (χ1v) is 6.19. The smallest absolute Gasteiger partial charge is 0.318 e. The van der Waals surface area contributed by atoms with Gasteiger partial charge in [0.1, 0.15) is 6.54 Å². The molecule has 0 unspecified atom stereocenters. The Bertz CT molecular complexity index is 574. The van der Waals surface area contributed by atoms with Gasteiger partial charge in [0.25, 0.3) is 5.91 Å². The number of ketones is 1. The van der Waals surface area contributed by atoms with Gasteiger partial charge in [0.15, 0.2) is 5.78 Å². The summed E-state index contributed by atoms with van der Waals surface area (Å²) in [5.41, 5.74) is 0.310. The summed E-state index contributed by atoms with van der Waals surface area (Å²) in [6.07, 6.45) is 0. The molecule has 0 atom stereocenters. The molecule has 0 saturated carbocycles. The van der Waals surface area contributed by atoms with Crippen molar-refractivity contribution in [3.63, 3.8) is 0 Å². The molecule has 5 nitrogen and oxygen atoms in total. The number of rotatable bonds is 3. The van der Waals surface area contributed by atoms with Crippen LogP contribution in [0.15, 0.2) is 18.2 Å². The molecule has 1 aromatic rings. The Morgan fingerprint density at radius 3 is 2.47 bits per heavy atom. The molecule has 0 aliphatic carbocycles. The van der Waals surface area contributed by atoms with Crippen LogP contribution < -0.4 is 0 Å². The quantitative estimate of drug-likeness (QED) is 0.634. The minimum absolute atomic E-state index is 0.00646. The lowest BCUT2D eigenvalue weighted by atomic mass is 10.1. The molecular formula is C12H10Cl2N2O3. The number of urea groups is 1. The summed E-state index contributed by atoms with van der Waals surface area (Å²) < 4.78 is 0. The van der Waals surface area contributed by atoms with Gasteiger partial charge in [-0.2, -0.15) is 0 Å². The van der Waals surface area contributed by atoms with Gasteiger partial charge in [-0.3, -0.25) is 14.5 Å². The standard InChI is InChI=1S/C12H10Cl2N2O3/c1-15-6-11(18)16(12(15)19)5-10(17)7-2-3-8(13)9(14)4-7/h2-4H,5-6H2,1H3. The fourth-order valence-corrected chi connectivity index (χ4v) is 2.03. The van der Waals surface area contributed by atoms with Gasteiger partial charge < -0.3 is 4.90 Å². The van der Waals surface area contributed by atoms with Gasteiger partial charge in [-0.15, -0.1) is 0 Å². The highest BCUT2D eigenvalue weighted by molar-refractivity contribution is 6.42. The molecule has 7 heteroatoms. The lowest BCUT2D eigenvalue weighted by Crippen LogP contribution is -2.36. The van der Waals surface area contributed by atoms with E-state index in [-0.39, 0.29) is 29.8 Å². The highest BCUT2D eigenvalue weighted by Gasteiger charge is 2.34. The number of halogens is 2. The molecule has 0 bridgehead atoms. The van der Waals surface area contributed by atoms with E-state index in [0.29, 0.717) is 10.6 Å². The van der Waals surface area contributed by atoms with Crippen molar-refractivity contribution >= 4 is 40.9 Å². The van der Waals surface area contributed by atoms with Crippen LogP contribution in [0.2, 0.25) is 10.0 Å². The molecule has 3 amide bonds. The fraction of sp³-hybridized carbons (Fsp3) is 0.250. The second-order valence-corrected chi connectivity index (χ2v) is 4.98. The molecule has 2 rings (SSSR count). The molecule has 1 aliphatic rings. The molecular weight excluding hydrogens is 291 g/mol. The monoisotopic (exact) mass is 300 g/mol. The number of hydrogen-bond acceptors (Lipinski definition) is 3. The van der Waals surface area contributed by atoms with Gasteiger partial charge >= 0.3 is 6.03 Å². The van der Waals surface area contributed by atoms with Gasteiger partial charge in [0.2, 0.25) is 0 Å². The van der Waals surface area contributed by atoms with Crippen LogP contribution >= 0.6 is 23.2 Å². The molecule has 1 fully saturated rings. The first-order chi connectivity index (χ1) is 8.90. The van der Waals surface area contributed by atoms with E-state index < -0.39 is 6.03 Å². The average Bonchev–Trinajstić information content (AvgIpc) is 2.59. The molecule has 100 valence electrons. The maximum absolute atomic E-state index is 12.0. The molecule has 1 saturated heterocycles. The van der Waals surface area contributed by atoms with Crippen molar-refractivity contribution in [3.8, 4) is 0 Å². The summed E-state index contributed by atoms with van der Waals surface area (Å²) >= 11 is 11.6. The van der Waals surface area contributed by atoms with Gasteiger partial charge in [-0.1, -0.05) is 23.2 Å². The Balaban J connectivity index is 2.15. The predicted octanol–water partition coefficient (Wildman–Crippen LogP) is 2.07. The van der Waals surface area contributed by atoms with Crippen molar-refractivity contribution in [2.24, 2.45) is 0 Å². The molecule has 1 aromatic carbocycles. The summed E-state index contributed by atoms with van der Waals surface area (Å²) in [6.45, 7) is -0.298. The summed E-state index contributed by atoms with van der Waals surface area (Å²) in [6, 6.07) is 3.95. The largest absolute Gasteiger partial charge is 0.327 e. The average molecular weight is 301 g/mol. The maximum atomic E-state index is 12.0. The fourth-order valence-electron chi connectivity index (χ4n) is 1.73. The molecule has 1 aliphatic heterocycles. The second-order valence-electron chi connectivity index (χ2n) is 4.17. The van der Waals surface area contributed by atoms with Crippen molar-refractivity contribution in [1.29, 1.82) is 0 Å². The third-order valence-electron chi connectivity index (χ3n) is 2.77. The SMILES string of the molecule is CN1CC(=O)N(CC(=O)c2ccc(Cl)c(Cl)c2)C1=O. The van der Waals surface area contributed by atoms with E-state index in [4.69, 9.17) is 23.2 Å². The van der Waals surface area contributed by atoms with Crippen LogP contribution in [0.4, 0.5) is 4.79 Å². The Kier molecular flexibility index (Phi) is 3.78. The number of benzene rings is 1. The zero-order chi connectivity index (χ0) is 14.2. The van der Waals surface area contributed by atoms with Crippen LogP contribution in [-0.2, 0) is 4.79 Å². The number of carbonyl (C=O) groups is 3. The van der Waals surface area contributed by atoms with E-state index in [0.717, 1.165) is 4.90 Å². The van der Waals surface area contributed by atoms with Gasteiger partial charge in [-0.25, -0.2) is 4.79 Å². The molecule has 1 heterocycles. The lowest BCUT2D eigenvalue weighted by Gasteiger charge is -2.13. The number of nitrogens with zero attached hydrogens (tertiary/aromatic N) is 2. The number of carbonyl (C=O) groups excluding carboxylic acids is 3. The molecule has 0 radical (unpaired) electrons. The van der Waals surface area contributed by atoms with Gasteiger partial charge in [0.05, 0.1) is 16.6 Å². The Labute approximate surface area is 119 Å². The molecule has 0 N–H and O–H groups in total. The van der Waals surface area contributed by atoms with E-state index in [1.807, 2.05) is 0 Å². The summed E-state index contributed by atoms with van der Waals surface area (Å²) in [4.78, 5) is 37.4. The van der Waals surface area contributed by atoms with Gasteiger partial charge in [-0.05, 0) is 18.2 Å². The van der Waals surface area contributed by atoms with E-state index >= 15 is 0 Å². The molecule has 0 spiro atoms. The number of imide groups is 1. The zero-order valence-corrected chi connectivity index (χ0v) is 11.5. The third kappa shape index (κ3) is 2.72. The normalized spacial score (nSPS) is 15.3. The van der Waals surface area contributed by atoms with E-state index in [1.165, 1.54) is 30.1 Å². The summed E-state index contributed by atoms with van der Waals surface area (Å²) in [5.74, 6) is -0.753. The summed E-state index contributed by atoms with van der Waals surface area (Å²) in [5, 5.41) is 0.593. The van der Waals surface area contributed by atoms with Crippen LogP contribution in [0.1, 0.15) is 10.4 Å². The highest BCUT2D eigenvalue weighted by atomic mass is 35.5. The van der Waals surface area contributed by atoms with Crippen LogP contribution in [0.3, 0.4) is 0 Å². The third-order valence-corrected chi connectivity index (χ3v) is 3.51. The first-order valence-electron chi connectivity index (χ1n) is 5.44.